The van der Waals surface area contributed by atoms with E-state index >= 15 is 0 Å². The number of aryl methyl sites for hydroxylation is 1. The van der Waals surface area contributed by atoms with Crippen molar-refractivity contribution >= 4 is 11.9 Å². The van der Waals surface area contributed by atoms with Crippen molar-refractivity contribution in [3.63, 3.8) is 0 Å². The third-order valence-electron chi connectivity index (χ3n) is 6.37. The van der Waals surface area contributed by atoms with Gasteiger partial charge in [0, 0.05) is 24.2 Å². The lowest BCUT2D eigenvalue weighted by atomic mass is 10.0. The lowest BCUT2D eigenvalue weighted by Gasteiger charge is -2.24. The molecule has 2 unspecified atom stereocenters. The Morgan fingerprint density at radius 1 is 0.941 bits per heavy atom. The lowest BCUT2D eigenvalue weighted by Crippen LogP contribution is -2.26. The number of hydrogen-bond donors (Lipinski definition) is 2. The van der Waals surface area contributed by atoms with Crippen molar-refractivity contribution < 1.29 is 24.5 Å². The quantitative estimate of drug-likeness (QED) is 0.217. The molecule has 0 spiro atoms. The van der Waals surface area contributed by atoms with Crippen molar-refractivity contribution in [3.05, 3.63) is 59.4 Å². The smallest absolute Gasteiger partial charge is 0.327 e. The zero-order valence-corrected chi connectivity index (χ0v) is 20.7. The maximum Gasteiger partial charge on any atom is 0.327 e. The lowest BCUT2D eigenvalue weighted by molar-refractivity contribution is -0.141. The predicted octanol–water partition coefficient (Wildman–Crippen LogP) is 6.03. The van der Waals surface area contributed by atoms with Gasteiger partial charge >= 0.3 is 11.9 Å². The van der Waals surface area contributed by atoms with Crippen LogP contribution < -0.4 is 0 Å². The molecule has 188 valence electrons. The van der Waals surface area contributed by atoms with E-state index in [0.717, 1.165) is 69.0 Å². The number of hydrogen-bond acceptors (Lipinski definition) is 4. The number of esters is 1. The summed E-state index contributed by atoms with van der Waals surface area (Å²) >= 11 is 0. The molecule has 1 heterocycles. The van der Waals surface area contributed by atoms with E-state index < -0.39 is 18.1 Å². The molecule has 0 aliphatic carbocycles. The highest BCUT2D eigenvalue weighted by Gasteiger charge is 2.27. The van der Waals surface area contributed by atoms with Crippen LogP contribution in [0.15, 0.2) is 42.5 Å². The molecule has 6 nitrogen and oxygen atoms in total. The molecule has 2 aromatic rings. The highest BCUT2D eigenvalue weighted by Crippen LogP contribution is 2.29. The topological polar surface area (TPSA) is 88.8 Å². The number of ether oxygens (including phenoxy) is 1. The number of aliphatic hydroxyl groups excluding tert-OH is 1. The number of aromatic nitrogens is 1. The number of methoxy groups -OCH3 is 1. The SMILES string of the molecule is CCCCCC(O)c1ccc(CCCCCCCC(=O)OC)n1C(Cc1ccccc1)C(=O)O. The molecule has 34 heavy (non-hydrogen) atoms. The van der Waals surface area contributed by atoms with Crippen LogP contribution in [0.2, 0.25) is 0 Å². The second kappa shape index (κ2) is 15.3. The number of carboxylic acid groups (broad SMARTS) is 1. The number of aliphatic carboxylic acids is 1. The number of aliphatic hydroxyl groups is 1. The van der Waals surface area contributed by atoms with E-state index in [4.69, 9.17) is 0 Å². The molecule has 0 bridgehead atoms. The Hall–Kier alpha value is -2.60. The summed E-state index contributed by atoms with van der Waals surface area (Å²) in [4.78, 5) is 23.6. The molecule has 1 aromatic carbocycles. The molecule has 0 saturated carbocycles. The number of carboxylic acids is 1. The Balaban J connectivity index is 2.11. The number of unbranched alkanes of at least 4 members (excludes halogenated alkanes) is 6. The molecule has 2 atom stereocenters. The third-order valence-corrected chi connectivity index (χ3v) is 6.37. The van der Waals surface area contributed by atoms with Gasteiger partial charge < -0.3 is 19.5 Å². The largest absolute Gasteiger partial charge is 0.480 e. The summed E-state index contributed by atoms with van der Waals surface area (Å²) in [5.41, 5.74) is 2.63. The van der Waals surface area contributed by atoms with Crippen LogP contribution in [0.25, 0.3) is 0 Å². The molecule has 0 fully saturated rings. The van der Waals surface area contributed by atoms with E-state index in [9.17, 15) is 19.8 Å². The Morgan fingerprint density at radius 2 is 1.65 bits per heavy atom. The van der Waals surface area contributed by atoms with Gasteiger partial charge in [-0.3, -0.25) is 4.79 Å². The Kier molecular flexibility index (Phi) is 12.5. The van der Waals surface area contributed by atoms with Gasteiger partial charge in [-0.05, 0) is 43.4 Å². The van der Waals surface area contributed by atoms with Gasteiger partial charge in [-0.25, -0.2) is 4.79 Å². The normalized spacial score (nSPS) is 12.9. The van der Waals surface area contributed by atoms with Crippen molar-refractivity contribution in [1.82, 2.24) is 4.57 Å². The standard InChI is InChI=1S/C28H41NO5/c1-3-4-9-17-26(30)24-20-19-23(16-12-6-5-7-13-18-27(31)34-2)29(24)25(28(32)33)21-22-14-10-8-11-15-22/h8,10-11,14-15,19-20,25-26,30H,3-7,9,12-13,16-18,21H2,1-2H3,(H,32,33). The van der Waals surface area contributed by atoms with E-state index in [1.165, 1.54) is 7.11 Å². The minimum Gasteiger partial charge on any atom is -0.480 e. The summed E-state index contributed by atoms with van der Waals surface area (Å²) < 4.78 is 6.55. The summed E-state index contributed by atoms with van der Waals surface area (Å²) in [6, 6.07) is 12.8. The highest BCUT2D eigenvalue weighted by atomic mass is 16.5. The number of nitrogens with zero attached hydrogens (tertiary/aromatic N) is 1. The molecule has 0 aliphatic heterocycles. The molecule has 0 radical (unpaired) electrons. The monoisotopic (exact) mass is 471 g/mol. The molecular weight excluding hydrogens is 430 g/mol. The summed E-state index contributed by atoms with van der Waals surface area (Å²) in [5, 5.41) is 21.1. The van der Waals surface area contributed by atoms with E-state index in [-0.39, 0.29) is 5.97 Å². The number of rotatable bonds is 17. The van der Waals surface area contributed by atoms with Gasteiger partial charge in [0.15, 0.2) is 0 Å². The van der Waals surface area contributed by atoms with Gasteiger partial charge in [-0.1, -0.05) is 75.8 Å². The number of benzene rings is 1. The maximum absolute atomic E-state index is 12.4. The van der Waals surface area contributed by atoms with E-state index in [0.29, 0.717) is 25.0 Å². The van der Waals surface area contributed by atoms with Crippen molar-refractivity contribution in [2.45, 2.75) is 96.1 Å². The number of carbonyl (C=O) groups excluding carboxylic acids is 1. The van der Waals surface area contributed by atoms with Crippen LogP contribution >= 0.6 is 0 Å². The van der Waals surface area contributed by atoms with Crippen LogP contribution in [0.5, 0.6) is 0 Å². The van der Waals surface area contributed by atoms with Gasteiger partial charge in [-0.15, -0.1) is 0 Å². The van der Waals surface area contributed by atoms with Crippen LogP contribution in [0.4, 0.5) is 0 Å². The van der Waals surface area contributed by atoms with E-state index in [1.807, 2.05) is 47.0 Å². The summed E-state index contributed by atoms with van der Waals surface area (Å²) in [6.07, 6.45) is 9.37. The minimum atomic E-state index is -0.883. The van der Waals surface area contributed by atoms with Crippen LogP contribution in [-0.4, -0.2) is 33.8 Å². The molecule has 0 amide bonds. The third kappa shape index (κ3) is 8.98. The van der Waals surface area contributed by atoms with Crippen molar-refractivity contribution in [1.29, 1.82) is 0 Å². The first-order chi connectivity index (χ1) is 16.5. The van der Waals surface area contributed by atoms with Gasteiger partial charge in [0.1, 0.15) is 6.04 Å². The minimum absolute atomic E-state index is 0.166. The van der Waals surface area contributed by atoms with Crippen LogP contribution in [-0.2, 0) is 27.2 Å². The zero-order chi connectivity index (χ0) is 24.8. The Labute approximate surface area is 204 Å². The van der Waals surface area contributed by atoms with Crippen LogP contribution in [0.1, 0.15) is 100 Å². The first-order valence-corrected chi connectivity index (χ1v) is 12.7. The molecule has 2 rings (SSSR count). The zero-order valence-electron chi connectivity index (χ0n) is 20.7. The molecule has 6 heteroatoms. The van der Waals surface area contributed by atoms with Crippen molar-refractivity contribution in [3.8, 4) is 0 Å². The Morgan fingerprint density at radius 3 is 2.32 bits per heavy atom. The molecule has 0 saturated heterocycles. The fraction of sp³-hybridized carbons (Fsp3) is 0.571. The second-order valence-corrected chi connectivity index (χ2v) is 9.02. The fourth-order valence-corrected chi connectivity index (χ4v) is 4.43. The van der Waals surface area contributed by atoms with Crippen molar-refractivity contribution in [2.24, 2.45) is 0 Å². The van der Waals surface area contributed by atoms with Gasteiger partial charge in [0.2, 0.25) is 0 Å². The first-order valence-electron chi connectivity index (χ1n) is 12.7. The van der Waals surface area contributed by atoms with Crippen LogP contribution in [0, 0.1) is 0 Å². The summed E-state index contributed by atoms with van der Waals surface area (Å²) in [7, 11) is 1.41. The summed E-state index contributed by atoms with van der Waals surface area (Å²) in [6.45, 7) is 2.13. The van der Waals surface area contributed by atoms with Crippen LogP contribution in [0.3, 0.4) is 0 Å². The van der Waals surface area contributed by atoms with Gasteiger partial charge in [0.25, 0.3) is 0 Å². The van der Waals surface area contributed by atoms with E-state index in [2.05, 4.69) is 11.7 Å². The maximum atomic E-state index is 12.4. The molecule has 0 aliphatic rings. The molecule has 2 N–H and O–H groups in total. The fourth-order valence-electron chi connectivity index (χ4n) is 4.43. The summed E-state index contributed by atoms with van der Waals surface area (Å²) in [5.74, 6) is -1.05. The molecule has 1 aromatic heterocycles. The van der Waals surface area contributed by atoms with Gasteiger partial charge in [0.05, 0.1) is 13.2 Å². The average molecular weight is 472 g/mol. The highest BCUT2D eigenvalue weighted by molar-refractivity contribution is 5.73. The Bertz CT molecular complexity index is 861. The average Bonchev–Trinajstić information content (AvgIpc) is 3.25. The predicted molar refractivity (Wildman–Crippen MR) is 134 cm³/mol. The first kappa shape index (κ1) is 27.6. The van der Waals surface area contributed by atoms with E-state index in [1.54, 1.807) is 0 Å². The van der Waals surface area contributed by atoms with Crippen molar-refractivity contribution in [2.75, 3.05) is 7.11 Å². The molecular formula is C28H41NO5. The van der Waals surface area contributed by atoms with Gasteiger partial charge in [-0.2, -0.15) is 0 Å². The number of carbonyl (C=O) groups is 2. The second-order valence-electron chi connectivity index (χ2n) is 9.02.